The number of amides is 1. The summed E-state index contributed by atoms with van der Waals surface area (Å²) in [7, 11) is 3.04. The summed E-state index contributed by atoms with van der Waals surface area (Å²) < 4.78 is 4.58. The van der Waals surface area contributed by atoms with Gasteiger partial charge in [-0.3, -0.25) is 14.6 Å². The molecule has 1 heterocycles. The largest absolute Gasteiger partial charge is 0.469 e. The van der Waals surface area contributed by atoms with Gasteiger partial charge in [0, 0.05) is 36.6 Å². The first-order valence-corrected chi connectivity index (χ1v) is 7.27. The third-order valence-electron chi connectivity index (χ3n) is 3.35. The third-order valence-corrected chi connectivity index (χ3v) is 3.57. The van der Waals surface area contributed by atoms with Crippen molar-refractivity contribution in [3.05, 3.63) is 41.0 Å². The normalized spacial score (nSPS) is 10.5. The average molecular weight is 321 g/mol. The minimum Gasteiger partial charge on any atom is -0.469 e. The first-order chi connectivity index (χ1) is 10.5. The predicted molar refractivity (Wildman–Crippen MR) is 85.0 cm³/mol. The fourth-order valence-electron chi connectivity index (χ4n) is 2.19. The zero-order valence-electron chi connectivity index (χ0n) is 12.5. The highest BCUT2D eigenvalue weighted by atomic mass is 35.5. The van der Waals surface area contributed by atoms with E-state index in [1.54, 1.807) is 36.3 Å². The molecule has 0 aliphatic rings. The number of fused-ring (bicyclic) bond motifs is 1. The highest BCUT2D eigenvalue weighted by Crippen LogP contribution is 2.23. The van der Waals surface area contributed by atoms with E-state index in [4.69, 9.17) is 11.6 Å². The maximum Gasteiger partial charge on any atom is 0.305 e. The number of ether oxygens (including phenoxy) is 1. The Labute approximate surface area is 133 Å². The van der Waals surface area contributed by atoms with Crippen molar-refractivity contribution in [2.45, 2.75) is 12.8 Å². The summed E-state index contributed by atoms with van der Waals surface area (Å²) in [6.07, 6.45) is 2.47. The number of rotatable bonds is 5. The molecule has 6 heteroatoms. The van der Waals surface area contributed by atoms with Gasteiger partial charge in [0.05, 0.1) is 18.2 Å². The van der Waals surface area contributed by atoms with E-state index >= 15 is 0 Å². The Morgan fingerprint density at radius 3 is 2.86 bits per heavy atom. The molecule has 5 nitrogen and oxygen atoms in total. The van der Waals surface area contributed by atoms with Gasteiger partial charge in [-0.2, -0.15) is 0 Å². The van der Waals surface area contributed by atoms with E-state index in [1.807, 2.05) is 6.07 Å². The maximum absolute atomic E-state index is 12.6. The molecule has 0 saturated heterocycles. The van der Waals surface area contributed by atoms with Crippen LogP contribution in [-0.4, -0.2) is 42.5 Å². The van der Waals surface area contributed by atoms with Crippen molar-refractivity contribution in [1.82, 2.24) is 9.88 Å². The van der Waals surface area contributed by atoms with Crippen molar-refractivity contribution in [2.24, 2.45) is 0 Å². The van der Waals surface area contributed by atoms with Crippen molar-refractivity contribution < 1.29 is 14.3 Å². The van der Waals surface area contributed by atoms with Gasteiger partial charge in [0.2, 0.25) is 0 Å². The molecule has 0 radical (unpaired) electrons. The summed E-state index contributed by atoms with van der Waals surface area (Å²) >= 11 is 6.08. The number of aromatic nitrogens is 1. The quantitative estimate of drug-likeness (QED) is 0.795. The summed E-state index contributed by atoms with van der Waals surface area (Å²) in [5.74, 6) is -0.452. The summed E-state index contributed by atoms with van der Waals surface area (Å²) in [4.78, 5) is 29.5. The van der Waals surface area contributed by atoms with Crippen LogP contribution in [0.25, 0.3) is 10.9 Å². The molecule has 0 unspecified atom stereocenters. The number of hydrogen-bond donors (Lipinski definition) is 0. The van der Waals surface area contributed by atoms with E-state index < -0.39 is 0 Å². The number of hydrogen-bond acceptors (Lipinski definition) is 4. The molecule has 1 aromatic carbocycles. The van der Waals surface area contributed by atoms with E-state index in [1.165, 1.54) is 7.11 Å². The van der Waals surface area contributed by atoms with Crippen LogP contribution in [0.2, 0.25) is 5.02 Å². The van der Waals surface area contributed by atoms with Crippen molar-refractivity contribution >= 4 is 34.4 Å². The van der Waals surface area contributed by atoms with Crippen molar-refractivity contribution in [3.8, 4) is 0 Å². The first-order valence-electron chi connectivity index (χ1n) is 6.89. The second kappa shape index (κ2) is 7.22. The fraction of sp³-hybridized carbons (Fsp3) is 0.312. The van der Waals surface area contributed by atoms with Crippen LogP contribution >= 0.6 is 11.6 Å². The van der Waals surface area contributed by atoms with Gasteiger partial charge < -0.3 is 9.64 Å². The number of methoxy groups -OCH3 is 1. The van der Waals surface area contributed by atoms with E-state index in [9.17, 15) is 9.59 Å². The summed E-state index contributed by atoms with van der Waals surface area (Å²) in [5, 5.41) is 1.31. The Morgan fingerprint density at radius 1 is 1.36 bits per heavy atom. The van der Waals surface area contributed by atoms with E-state index in [2.05, 4.69) is 9.72 Å². The highest BCUT2D eigenvalue weighted by molar-refractivity contribution is 6.32. The molecule has 22 heavy (non-hydrogen) atoms. The molecule has 1 aromatic heterocycles. The molecule has 1 amide bonds. The molecule has 0 N–H and O–H groups in total. The lowest BCUT2D eigenvalue weighted by molar-refractivity contribution is -0.140. The molecule has 2 rings (SSSR count). The molecular weight excluding hydrogens is 304 g/mol. The Morgan fingerprint density at radius 2 is 2.14 bits per heavy atom. The number of pyridine rings is 1. The standard InChI is InChI=1S/C16H17ClN2O3/c1-19(8-4-6-14(20)22-2)16(21)13-10-12(17)9-11-5-3-7-18-15(11)13/h3,5,7,9-10H,4,6,8H2,1-2H3. The zero-order valence-corrected chi connectivity index (χ0v) is 13.3. The second-order valence-corrected chi connectivity index (χ2v) is 5.37. The van der Waals surface area contributed by atoms with Crippen LogP contribution in [0, 0.1) is 0 Å². The van der Waals surface area contributed by atoms with Gasteiger partial charge in [-0.1, -0.05) is 17.7 Å². The van der Waals surface area contributed by atoms with Gasteiger partial charge in [0.15, 0.2) is 0 Å². The molecule has 2 aromatic rings. The SMILES string of the molecule is COC(=O)CCCN(C)C(=O)c1cc(Cl)cc2cccnc12. The average Bonchev–Trinajstić information content (AvgIpc) is 2.52. The molecule has 116 valence electrons. The lowest BCUT2D eigenvalue weighted by atomic mass is 10.1. The molecule has 0 atom stereocenters. The lowest BCUT2D eigenvalue weighted by Crippen LogP contribution is -2.28. The van der Waals surface area contributed by atoms with Crippen LogP contribution in [0.4, 0.5) is 0 Å². The Kier molecular flexibility index (Phi) is 5.33. The second-order valence-electron chi connectivity index (χ2n) is 4.93. The Bertz CT molecular complexity index is 703. The molecule has 0 saturated carbocycles. The van der Waals surface area contributed by atoms with Gasteiger partial charge >= 0.3 is 5.97 Å². The zero-order chi connectivity index (χ0) is 16.1. The number of benzene rings is 1. The van der Waals surface area contributed by atoms with Gasteiger partial charge in [-0.25, -0.2) is 0 Å². The highest BCUT2D eigenvalue weighted by Gasteiger charge is 2.16. The molecule has 0 bridgehead atoms. The van der Waals surface area contributed by atoms with Crippen LogP contribution in [0.3, 0.4) is 0 Å². The lowest BCUT2D eigenvalue weighted by Gasteiger charge is -2.18. The van der Waals surface area contributed by atoms with E-state index in [0.29, 0.717) is 29.1 Å². The van der Waals surface area contributed by atoms with Crippen LogP contribution in [0.15, 0.2) is 30.5 Å². The number of carbonyl (C=O) groups excluding carboxylic acids is 2. The third kappa shape index (κ3) is 3.74. The van der Waals surface area contributed by atoms with Crippen LogP contribution in [0.1, 0.15) is 23.2 Å². The van der Waals surface area contributed by atoms with Crippen molar-refractivity contribution in [2.75, 3.05) is 20.7 Å². The number of esters is 1. The fourth-order valence-corrected chi connectivity index (χ4v) is 2.42. The van der Waals surface area contributed by atoms with Gasteiger partial charge in [-0.15, -0.1) is 0 Å². The molecule has 0 aliphatic carbocycles. The van der Waals surface area contributed by atoms with Gasteiger partial charge in [0.1, 0.15) is 0 Å². The Balaban J connectivity index is 2.17. The molecule has 0 spiro atoms. The van der Waals surface area contributed by atoms with Crippen LogP contribution in [-0.2, 0) is 9.53 Å². The van der Waals surface area contributed by atoms with Gasteiger partial charge in [-0.05, 0) is 24.6 Å². The molecule has 0 aliphatic heterocycles. The first kappa shape index (κ1) is 16.2. The molecule has 0 fully saturated rings. The van der Waals surface area contributed by atoms with Gasteiger partial charge in [0.25, 0.3) is 5.91 Å². The van der Waals surface area contributed by atoms with Crippen LogP contribution < -0.4 is 0 Å². The van der Waals surface area contributed by atoms with Crippen molar-refractivity contribution in [1.29, 1.82) is 0 Å². The summed E-state index contributed by atoms with van der Waals surface area (Å²) in [6, 6.07) is 7.06. The van der Waals surface area contributed by atoms with E-state index in [0.717, 1.165) is 5.39 Å². The topological polar surface area (TPSA) is 59.5 Å². The maximum atomic E-state index is 12.6. The molecular formula is C16H17ClN2O3. The van der Waals surface area contributed by atoms with E-state index in [-0.39, 0.29) is 18.3 Å². The van der Waals surface area contributed by atoms with Crippen molar-refractivity contribution in [3.63, 3.8) is 0 Å². The minimum absolute atomic E-state index is 0.170. The summed E-state index contributed by atoms with van der Waals surface area (Å²) in [6.45, 7) is 0.453. The number of carbonyl (C=O) groups is 2. The number of nitrogens with zero attached hydrogens (tertiary/aromatic N) is 2. The smallest absolute Gasteiger partial charge is 0.305 e. The monoisotopic (exact) mass is 320 g/mol. The predicted octanol–water partition coefficient (Wildman–Crippen LogP) is 2.91. The Hall–Kier alpha value is -2.14. The number of halogens is 1. The van der Waals surface area contributed by atoms with Crippen LogP contribution in [0.5, 0.6) is 0 Å². The minimum atomic E-state index is -0.282. The summed E-state index contributed by atoms with van der Waals surface area (Å²) in [5.41, 5.74) is 1.08.